The number of nitrogens with one attached hydrogen (secondary N) is 1. The monoisotopic (exact) mass is 262 g/mol. The third kappa shape index (κ3) is 3.73. The number of aryl methyl sites for hydroxylation is 1. The molecule has 1 unspecified atom stereocenters. The second-order valence-electron chi connectivity index (χ2n) is 4.32. The minimum absolute atomic E-state index is 0.0521. The SMILES string of the molecule is COc1cccc(CC(Cc2nnn(C)n2)NN)c1. The molecule has 0 saturated carbocycles. The van der Waals surface area contributed by atoms with Crippen LogP contribution in [0.1, 0.15) is 11.4 Å². The molecule has 1 atom stereocenters. The zero-order valence-corrected chi connectivity index (χ0v) is 11.1. The summed E-state index contributed by atoms with van der Waals surface area (Å²) in [5.74, 6) is 7.09. The maximum atomic E-state index is 5.58. The van der Waals surface area contributed by atoms with Gasteiger partial charge in [-0.3, -0.25) is 11.3 Å². The van der Waals surface area contributed by atoms with Crippen LogP contribution < -0.4 is 16.0 Å². The fourth-order valence-corrected chi connectivity index (χ4v) is 1.90. The molecule has 1 heterocycles. The predicted octanol–water partition coefficient (Wildman–Crippen LogP) is -0.164. The summed E-state index contributed by atoms with van der Waals surface area (Å²) in [6, 6.07) is 7.96. The minimum atomic E-state index is 0.0521. The molecule has 0 aliphatic rings. The molecule has 102 valence electrons. The highest BCUT2D eigenvalue weighted by Gasteiger charge is 2.12. The minimum Gasteiger partial charge on any atom is -0.497 e. The van der Waals surface area contributed by atoms with E-state index in [1.54, 1.807) is 14.2 Å². The van der Waals surface area contributed by atoms with Crippen molar-refractivity contribution < 1.29 is 4.74 Å². The Morgan fingerprint density at radius 1 is 1.42 bits per heavy atom. The van der Waals surface area contributed by atoms with Crippen LogP contribution in [0.3, 0.4) is 0 Å². The van der Waals surface area contributed by atoms with Gasteiger partial charge < -0.3 is 4.74 Å². The number of tetrazole rings is 1. The largest absolute Gasteiger partial charge is 0.497 e. The highest BCUT2D eigenvalue weighted by atomic mass is 16.5. The number of hydrogen-bond donors (Lipinski definition) is 2. The predicted molar refractivity (Wildman–Crippen MR) is 70.3 cm³/mol. The molecule has 0 saturated heterocycles. The molecule has 0 aliphatic heterocycles. The van der Waals surface area contributed by atoms with E-state index in [2.05, 4.69) is 20.8 Å². The van der Waals surface area contributed by atoms with Crippen molar-refractivity contribution in [3.8, 4) is 5.75 Å². The number of rotatable bonds is 6. The first-order valence-corrected chi connectivity index (χ1v) is 6.03. The van der Waals surface area contributed by atoms with Crippen molar-refractivity contribution >= 4 is 0 Å². The normalized spacial score (nSPS) is 12.4. The Balaban J connectivity index is 2.01. The lowest BCUT2D eigenvalue weighted by atomic mass is 10.0. The number of aromatic nitrogens is 4. The van der Waals surface area contributed by atoms with Crippen molar-refractivity contribution in [3.63, 3.8) is 0 Å². The number of hydrogen-bond acceptors (Lipinski definition) is 6. The number of benzene rings is 1. The smallest absolute Gasteiger partial charge is 0.176 e. The number of methoxy groups -OCH3 is 1. The standard InChI is InChI=1S/C12H18N6O/c1-18-16-12(15-17-18)8-10(14-13)6-9-4-3-5-11(7-9)19-2/h3-5,7,10,14H,6,8,13H2,1-2H3. The second kappa shape index (κ2) is 6.26. The zero-order valence-electron chi connectivity index (χ0n) is 11.1. The van der Waals surface area contributed by atoms with Crippen molar-refractivity contribution in [2.75, 3.05) is 7.11 Å². The molecule has 0 fully saturated rings. The van der Waals surface area contributed by atoms with Crippen LogP contribution in [-0.2, 0) is 19.9 Å². The number of hydrazine groups is 1. The molecule has 0 aliphatic carbocycles. The third-order valence-corrected chi connectivity index (χ3v) is 2.83. The van der Waals surface area contributed by atoms with E-state index in [4.69, 9.17) is 10.6 Å². The van der Waals surface area contributed by atoms with Crippen LogP contribution in [0.2, 0.25) is 0 Å². The molecule has 0 radical (unpaired) electrons. The summed E-state index contributed by atoms with van der Waals surface area (Å²) in [4.78, 5) is 1.44. The lowest BCUT2D eigenvalue weighted by Crippen LogP contribution is -2.38. The molecule has 7 heteroatoms. The molecule has 1 aromatic heterocycles. The lowest BCUT2D eigenvalue weighted by molar-refractivity contribution is 0.413. The van der Waals surface area contributed by atoms with E-state index in [1.165, 1.54) is 4.80 Å². The maximum Gasteiger partial charge on any atom is 0.176 e. The van der Waals surface area contributed by atoms with Gasteiger partial charge in [-0.2, -0.15) is 4.80 Å². The molecule has 0 bridgehead atoms. The van der Waals surface area contributed by atoms with Gasteiger partial charge in [0.05, 0.1) is 14.2 Å². The quantitative estimate of drug-likeness (QED) is 0.555. The van der Waals surface area contributed by atoms with Crippen molar-refractivity contribution in [1.29, 1.82) is 0 Å². The van der Waals surface area contributed by atoms with E-state index in [0.717, 1.165) is 17.7 Å². The van der Waals surface area contributed by atoms with Crippen LogP contribution in [0.15, 0.2) is 24.3 Å². The summed E-state index contributed by atoms with van der Waals surface area (Å²) < 4.78 is 5.20. The first-order valence-electron chi connectivity index (χ1n) is 6.03. The summed E-state index contributed by atoms with van der Waals surface area (Å²) in [5.41, 5.74) is 3.93. The number of nitrogens with two attached hydrogens (primary N) is 1. The van der Waals surface area contributed by atoms with E-state index in [1.807, 2.05) is 24.3 Å². The Morgan fingerprint density at radius 2 is 2.26 bits per heavy atom. The topological polar surface area (TPSA) is 90.9 Å². The third-order valence-electron chi connectivity index (χ3n) is 2.83. The van der Waals surface area contributed by atoms with Gasteiger partial charge in [0.2, 0.25) is 0 Å². The molecule has 0 amide bonds. The van der Waals surface area contributed by atoms with Crippen LogP contribution >= 0.6 is 0 Å². The van der Waals surface area contributed by atoms with Crippen LogP contribution in [0, 0.1) is 0 Å². The fraction of sp³-hybridized carbons (Fsp3) is 0.417. The van der Waals surface area contributed by atoms with E-state index < -0.39 is 0 Å². The van der Waals surface area contributed by atoms with Crippen molar-refractivity contribution in [2.24, 2.45) is 12.9 Å². The Labute approximate surface area is 111 Å². The average Bonchev–Trinajstić information content (AvgIpc) is 2.83. The zero-order chi connectivity index (χ0) is 13.7. The number of nitrogens with zero attached hydrogens (tertiary/aromatic N) is 4. The Morgan fingerprint density at radius 3 is 2.89 bits per heavy atom. The molecular formula is C12H18N6O. The van der Waals surface area contributed by atoms with Crippen LogP contribution in [0.5, 0.6) is 5.75 Å². The molecule has 19 heavy (non-hydrogen) atoms. The molecule has 7 nitrogen and oxygen atoms in total. The van der Waals surface area contributed by atoms with Gasteiger partial charge in [0.25, 0.3) is 0 Å². The highest BCUT2D eigenvalue weighted by Crippen LogP contribution is 2.14. The fourth-order valence-electron chi connectivity index (χ4n) is 1.90. The van der Waals surface area contributed by atoms with Crippen LogP contribution in [0.25, 0.3) is 0 Å². The maximum absolute atomic E-state index is 5.58. The van der Waals surface area contributed by atoms with Gasteiger partial charge >= 0.3 is 0 Å². The summed E-state index contributed by atoms with van der Waals surface area (Å²) in [7, 11) is 3.39. The van der Waals surface area contributed by atoms with Gasteiger partial charge in [-0.05, 0) is 29.3 Å². The Kier molecular flexibility index (Phi) is 4.43. The first-order chi connectivity index (χ1) is 9.21. The van der Waals surface area contributed by atoms with E-state index in [-0.39, 0.29) is 6.04 Å². The Bertz CT molecular complexity index is 526. The molecule has 2 rings (SSSR count). The number of ether oxygens (including phenoxy) is 1. The molecular weight excluding hydrogens is 244 g/mol. The molecule has 1 aromatic carbocycles. The first kappa shape index (κ1) is 13.4. The van der Waals surface area contributed by atoms with Gasteiger partial charge in [0.15, 0.2) is 5.82 Å². The van der Waals surface area contributed by atoms with Crippen molar-refractivity contribution in [1.82, 2.24) is 25.6 Å². The van der Waals surface area contributed by atoms with Gasteiger partial charge in [-0.25, -0.2) is 0 Å². The van der Waals surface area contributed by atoms with Crippen LogP contribution in [-0.4, -0.2) is 33.4 Å². The summed E-state index contributed by atoms with van der Waals surface area (Å²) in [5, 5.41) is 11.9. The van der Waals surface area contributed by atoms with Crippen molar-refractivity contribution in [3.05, 3.63) is 35.7 Å². The van der Waals surface area contributed by atoms with E-state index in [0.29, 0.717) is 12.2 Å². The lowest BCUT2D eigenvalue weighted by Gasteiger charge is -2.14. The van der Waals surface area contributed by atoms with Gasteiger partial charge in [-0.15, -0.1) is 10.2 Å². The van der Waals surface area contributed by atoms with E-state index in [9.17, 15) is 0 Å². The average molecular weight is 262 g/mol. The molecule has 2 aromatic rings. The van der Waals surface area contributed by atoms with Crippen LogP contribution in [0.4, 0.5) is 0 Å². The summed E-state index contributed by atoms with van der Waals surface area (Å²) >= 11 is 0. The molecule has 3 N–H and O–H groups in total. The van der Waals surface area contributed by atoms with Crippen molar-refractivity contribution in [2.45, 2.75) is 18.9 Å². The summed E-state index contributed by atoms with van der Waals surface area (Å²) in [6.07, 6.45) is 1.40. The van der Waals surface area contributed by atoms with E-state index >= 15 is 0 Å². The highest BCUT2D eigenvalue weighted by molar-refractivity contribution is 5.29. The van der Waals surface area contributed by atoms with Gasteiger partial charge in [-0.1, -0.05) is 12.1 Å². The summed E-state index contributed by atoms with van der Waals surface area (Å²) in [6.45, 7) is 0. The van der Waals surface area contributed by atoms with Gasteiger partial charge in [0, 0.05) is 12.5 Å². The van der Waals surface area contributed by atoms with Gasteiger partial charge in [0.1, 0.15) is 5.75 Å². The second-order valence-corrected chi connectivity index (χ2v) is 4.32. The molecule has 0 spiro atoms. The Hall–Kier alpha value is -1.99.